The van der Waals surface area contributed by atoms with Gasteiger partial charge in [0.2, 0.25) is 5.95 Å². The number of phosphoric ester groups is 1. The van der Waals surface area contributed by atoms with Crippen LogP contribution in [-0.2, 0) is 31.6 Å². The maximum absolute atomic E-state index is 12.3. The summed E-state index contributed by atoms with van der Waals surface area (Å²) in [5.74, 6) is -0.266. The van der Waals surface area contributed by atoms with Crippen LogP contribution in [0.2, 0.25) is 0 Å². The van der Waals surface area contributed by atoms with Crippen LogP contribution in [0.25, 0.3) is 11.2 Å². The van der Waals surface area contributed by atoms with Crippen LogP contribution in [0.1, 0.15) is 11.8 Å². The summed E-state index contributed by atoms with van der Waals surface area (Å²) >= 11 is 0. The van der Waals surface area contributed by atoms with E-state index in [0.29, 0.717) is 5.56 Å². The van der Waals surface area contributed by atoms with Gasteiger partial charge in [-0.1, -0.05) is 18.2 Å². The first kappa shape index (κ1) is 29.5. The minimum absolute atomic E-state index is 0.0698. The fourth-order valence-corrected chi connectivity index (χ4v) is 7.37. The third-order valence-electron chi connectivity index (χ3n) is 5.29. The van der Waals surface area contributed by atoms with E-state index in [-0.39, 0.29) is 22.8 Å². The van der Waals surface area contributed by atoms with Crippen molar-refractivity contribution in [2.24, 2.45) is 0 Å². The second-order valence-corrected chi connectivity index (χ2v) is 12.9. The van der Waals surface area contributed by atoms with Gasteiger partial charge >= 0.3 is 23.4 Å². The van der Waals surface area contributed by atoms with Crippen LogP contribution in [0, 0.1) is 6.92 Å². The Labute approximate surface area is 218 Å². The Morgan fingerprint density at radius 3 is 2.51 bits per heavy atom. The van der Waals surface area contributed by atoms with Gasteiger partial charge in [-0.2, -0.15) is 13.6 Å². The molecule has 1 fully saturated rings. The topological polar surface area (TPSA) is 291 Å². The van der Waals surface area contributed by atoms with E-state index in [0.717, 1.165) is 10.9 Å². The van der Waals surface area contributed by atoms with Crippen LogP contribution in [-0.4, -0.2) is 69.3 Å². The molecule has 0 spiro atoms. The highest BCUT2D eigenvalue weighted by molar-refractivity contribution is 7.68. The van der Waals surface area contributed by atoms with E-state index >= 15 is 0 Å². The molecule has 1 aromatic carbocycles. The molecule has 39 heavy (non-hydrogen) atoms. The van der Waals surface area contributed by atoms with Crippen molar-refractivity contribution in [2.45, 2.75) is 31.5 Å². The van der Waals surface area contributed by atoms with Crippen molar-refractivity contribution in [3.05, 3.63) is 46.5 Å². The molecule has 1 saturated heterocycles. The van der Waals surface area contributed by atoms with E-state index in [9.17, 15) is 43.4 Å². The summed E-state index contributed by atoms with van der Waals surface area (Å²) in [6.07, 6.45) is -5.27. The van der Waals surface area contributed by atoms with Gasteiger partial charge in [-0.3, -0.25) is 24.0 Å². The Morgan fingerprint density at radius 2 is 1.82 bits per heavy atom. The number of fused-ring (bicyclic) bond motifs is 1. The Kier molecular flexibility index (Phi) is 8.18. The van der Waals surface area contributed by atoms with Crippen molar-refractivity contribution >= 4 is 46.2 Å². The molecular formula is C17H23N6O13P3. The first-order valence-electron chi connectivity index (χ1n) is 10.7. The largest absolute Gasteiger partial charge is 0.489 e. The number of aromatic nitrogens is 4. The number of aromatic amines is 1. The zero-order valence-corrected chi connectivity index (χ0v) is 22.3. The van der Waals surface area contributed by atoms with Gasteiger partial charge in [0, 0.05) is 5.69 Å². The number of benzene rings is 1. The van der Waals surface area contributed by atoms with Gasteiger partial charge in [0.05, 0.1) is 12.9 Å². The minimum Gasteiger partial charge on any atom is -0.387 e. The van der Waals surface area contributed by atoms with Gasteiger partial charge in [-0.05, 0) is 18.6 Å². The first-order chi connectivity index (χ1) is 18.1. The number of ether oxygens (including phenoxy) is 1. The van der Waals surface area contributed by atoms with E-state index in [1.54, 1.807) is 19.1 Å². The number of nitrogens with two attached hydrogens (primary N) is 1. The molecule has 19 nitrogen and oxygen atoms in total. The SMILES string of the molecule is Cc1ccccc1NP(=O)(O)OP(=O)(O)OP(=O)(O)OC[C@H]1O[C@@H](n2cnc3c(=O)[nH]c(N)nc32)[C@H](O)[C@@H]1O. The normalized spacial score (nSPS) is 26.1. The quantitative estimate of drug-likeness (QED) is 0.141. The van der Waals surface area contributed by atoms with E-state index < -0.39 is 60.1 Å². The van der Waals surface area contributed by atoms with Gasteiger partial charge in [0.1, 0.15) is 18.3 Å². The lowest BCUT2D eigenvalue weighted by Gasteiger charge is -2.21. The highest BCUT2D eigenvalue weighted by atomic mass is 31.3. The lowest BCUT2D eigenvalue weighted by molar-refractivity contribution is -0.0503. The number of nitrogens with zero attached hydrogens (tertiary/aromatic N) is 3. The smallest absolute Gasteiger partial charge is 0.387 e. The molecular weight excluding hydrogens is 589 g/mol. The molecule has 22 heteroatoms. The Bertz CT molecular complexity index is 1580. The summed E-state index contributed by atoms with van der Waals surface area (Å²) < 4.78 is 56.0. The van der Waals surface area contributed by atoms with Crippen LogP contribution >= 0.6 is 23.4 Å². The number of imidazole rings is 1. The molecule has 0 aliphatic carbocycles. The predicted octanol–water partition coefficient (Wildman–Crippen LogP) is 0.0925. The standard InChI is InChI=1S/C17H23N6O13P3/c1-8-4-2-3-5-9(8)22-37(27,28)35-39(31,32)36-38(29,30)33-6-10-12(24)13(25)16(34-10)23-7-19-11-14(23)20-17(18)21-15(11)26/h2-5,7,10,12-13,16,24-25H,6H2,1H3,(H,29,30)(H,31,32)(H2,22,27,28)(H3,18,20,21,26)/t10-,12-,13-,16-/m1/s1. The van der Waals surface area contributed by atoms with Crippen LogP contribution in [0.4, 0.5) is 11.6 Å². The summed E-state index contributed by atoms with van der Waals surface area (Å²) in [5.41, 5.74) is 5.14. The molecule has 3 aromatic rings. The summed E-state index contributed by atoms with van der Waals surface area (Å²) in [6, 6.07) is 6.06. The van der Waals surface area contributed by atoms with Crippen LogP contribution in [0.3, 0.4) is 0 Å². The lowest BCUT2D eigenvalue weighted by atomic mass is 10.1. The number of H-pyrrole nitrogens is 1. The number of anilines is 2. The first-order valence-corrected chi connectivity index (χ1v) is 15.3. The summed E-state index contributed by atoms with van der Waals surface area (Å²) in [5, 5.41) is 22.8. The number of para-hydroxylation sites is 1. The Hall–Kier alpha value is -2.50. The zero-order chi connectivity index (χ0) is 28.8. The number of nitrogen functional groups attached to an aromatic ring is 1. The number of hydrogen-bond acceptors (Lipinski definition) is 13. The highest BCUT2D eigenvalue weighted by Crippen LogP contribution is 2.67. The average Bonchev–Trinajstić information content (AvgIpc) is 3.33. The third-order valence-corrected chi connectivity index (χ3v) is 9.65. The van der Waals surface area contributed by atoms with Gasteiger partial charge in [0.15, 0.2) is 17.4 Å². The van der Waals surface area contributed by atoms with Gasteiger partial charge in [-0.15, -0.1) is 0 Å². The molecule has 2 aromatic heterocycles. The van der Waals surface area contributed by atoms with Gasteiger partial charge in [-0.25, -0.2) is 18.7 Å². The number of nitrogens with one attached hydrogen (secondary N) is 2. The summed E-state index contributed by atoms with van der Waals surface area (Å²) in [7, 11) is -16.3. The maximum Gasteiger partial charge on any atom is 0.489 e. The summed E-state index contributed by atoms with van der Waals surface area (Å²) in [6.45, 7) is 0.582. The average molecular weight is 612 g/mol. The number of phosphoric acid groups is 2. The van der Waals surface area contributed by atoms with Gasteiger partial charge < -0.3 is 35.4 Å². The van der Waals surface area contributed by atoms with Crippen molar-refractivity contribution < 1.29 is 56.5 Å². The number of aryl methyl sites for hydroxylation is 1. The van der Waals surface area contributed by atoms with Crippen LogP contribution in [0.5, 0.6) is 0 Å². The van der Waals surface area contributed by atoms with Crippen LogP contribution < -0.4 is 16.4 Å². The molecule has 9 N–H and O–H groups in total. The molecule has 1 aliphatic rings. The minimum atomic E-state index is -5.70. The number of aliphatic hydroxyl groups excluding tert-OH is 2. The van der Waals surface area contributed by atoms with Crippen molar-refractivity contribution in [3.63, 3.8) is 0 Å². The number of hydrogen-bond donors (Lipinski definition) is 8. The highest BCUT2D eigenvalue weighted by Gasteiger charge is 2.47. The molecule has 4 rings (SSSR count). The molecule has 214 valence electrons. The van der Waals surface area contributed by atoms with E-state index in [2.05, 4.69) is 28.1 Å². The second kappa shape index (κ2) is 10.8. The molecule has 0 bridgehead atoms. The van der Waals surface area contributed by atoms with Crippen molar-refractivity contribution in [1.82, 2.24) is 19.5 Å². The Morgan fingerprint density at radius 1 is 1.13 bits per heavy atom. The maximum atomic E-state index is 12.3. The molecule has 0 amide bonds. The molecule has 7 atom stereocenters. The molecule has 0 radical (unpaired) electrons. The fraction of sp³-hybridized carbons (Fsp3) is 0.353. The van der Waals surface area contributed by atoms with E-state index in [1.165, 1.54) is 12.1 Å². The second-order valence-electron chi connectivity index (χ2n) is 8.16. The Balaban J connectivity index is 1.40. The third kappa shape index (κ3) is 6.81. The van der Waals surface area contributed by atoms with Crippen molar-refractivity contribution in [3.8, 4) is 0 Å². The van der Waals surface area contributed by atoms with Gasteiger partial charge in [0.25, 0.3) is 5.56 Å². The monoisotopic (exact) mass is 612 g/mol. The van der Waals surface area contributed by atoms with E-state index in [1.807, 2.05) is 5.09 Å². The predicted molar refractivity (Wildman–Crippen MR) is 131 cm³/mol. The number of rotatable bonds is 10. The van der Waals surface area contributed by atoms with Crippen molar-refractivity contribution in [1.29, 1.82) is 0 Å². The lowest BCUT2D eigenvalue weighted by Crippen LogP contribution is -2.33. The molecule has 3 unspecified atom stereocenters. The summed E-state index contributed by atoms with van der Waals surface area (Å²) in [4.78, 5) is 51.5. The molecule has 0 saturated carbocycles. The molecule has 1 aliphatic heterocycles. The van der Waals surface area contributed by atoms with E-state index in [4.69, 9.17) is 10.5 Å². The number of aliphatic hydroxyl groups is 2. The fourth-order valence-electron chi connectivity index (χ4n) is 3.57. The zero-order valence-electron chi connectivity index (χ0n) is 19.7. The van der Waals surface area contributed by atoms with Crippen LogP contribution in [0.15, 0.2) is 35.4 Å². The van der Waals surface area contributed by atoms with Crippen molar-refractivity contribution in [2.75, 3.05) is 17.4 Å². The molecule has 3 heterocycles.